The molecular weight excluding hydrogens is 350 g/mol. The Morgan fingerprint density at radius 1 is 1.33 bits per heavy atom. The predicted molar refractivity (Wildman–Crippen MR) is 92.4 cm³/mol. The first kappa shape index (κ1) is 18.4. The van der Waals surface area contributed by atoms with E-state index in [-0.39, 0.29) is 16.6 Å². The summed E-state index contributed by atoms with van der Waals surface area (Å²) in [5.41, 5.74) is 0.428. The molecule has 1 N–H and O–H groups in total. The van der Waals surface area contributed by atoms with Gasteiger partial charge in [-0.3, -0.25) is 4.79 Å². The number of aromatic nitrogens is 3. The second kappa shape index (κ2) is 7.32. The van der Waals surface area contributed by atoms with Crippen molar-refractivity contribution < 1.29 is 13.2 Å². The van der Waals surface area contributed by atoms with Crippen molar-refractivity contribution in [2.75, 3.05) is 25.2 Å². The molecule has 1 aromatic heterocycles. The maximum atomic E-state index is 12.1. The van der Waals surface area contributed by atoms with E-state index < -0.39 is 10.0 Å². The summed E-state index contributed by atoms with van der Waals surface area (Å²) in [6.07, 6.45) is 0. The smallest absolute Gasteiger partial charge is 0.242 e. The second-order valence-corrected chi connectivity index (χ2v) is 8.34. The van der Waals surface area contributed by atoms with Gasteiger partial charge in [-0.1, -0.05) is 17.8 Å². The van der Waals surface area contributed by atoms with E-state index in [0.29, 0.717) is 10.8 Å². The minimum atomic E-state index is -3.54. The fourth-order valence-electron chi connectivity index (χ4n) is 1.79. The number of thioether (sulfide) groups is 1. The number of hydrogen-bond acceptors (Lipinski definition) is 6. The van der Waals surface area contributed by atoms with Gasteiger partial charge in [0.2, 0.25) is 15.9 Å². The number of hydrogen-bond donors (Lipinski definition) is 1. The van der Waals surface area contributed by atoms with Crippen LogP contribution >= 0.6 is 11.8 Å². The normalized spacial score (nSPS) is 11.7. The number of sulfonamides is 1. The molecule has 0 saturated carbocycles. The number of anilines is 1. The molecule has 0 unspecified atom stereocenters. The molecule has 0 atom stereocenters. The molecule has 8 nitrogen and oxygen atoms in total. The zero-order chi connectivity index (χ0) is 17.9. The molecule has 2 rings (SSSR count). The summed E-state index contributed by atoms with van der Waals surface area (Å²) in [6, 6.07) is 6.15. The van der Waals surface area contributed by atoms with Crippen molar-refractivity contribution in [1.29, 1.82) is 0 Å². The van der Waals surface area contributed by atoms with Crippen LogP contribution in [0.25, 0.3) is 0 Å². The molecule has 1 aromatic carbocycles. The third-order valence-electron chi connectivity index (χ3n) is 3.28. The lowest BCUT2D eigenvalue weighted by atomic mass is 10.3. The number of aryl methyl sites for hydroxylation is 1. The minimum Gasteiger partial charge on any atom is -0.325 e. The van der Waals surface area contributed by atoms with Crippen LogP contribution in [0.1, 0.15) is 5.82 Å². The van der Waals surface area contributed by atoms with Crippen LogP contribution in [0.5, 0.6) is 0 Å². The average molecular weight is 369 g/mol. The SMILES string of the molecule is Cc1nnc(SCC(=O)Nc2cccc(S(=O)(=O)N(C)C)c2)n1C. The van der Waals surface area contributed by atoms with E-state index in [1.807, 2.05) is 14.0 Å². The third kappa shape index (κ3) is 4.13. The number of rotatable bonds is 6. The van der Waals surface area contributed by atoms with Crippen LogP contribution in [0.4, 0.5) is 5.69 Å². The first-order valence-electron chi connectivity index (χ1n) is 7.03. The van der Waals surface area contributed by atoms with Gasteiger partial charge in [0.15, 0.2) is 5.16 Å². The topological polar surface area (TPSA) is 97.2 Å². The van der Waals surface area contributed by atoms with Gasteiger partial charge in [-0.05, 0) is 25.1 Å². The summed E-state index contributed by atoms with van der Waals surface area (Å²) >= 11 is 1.26. The van der Waals surface area contributed by atoms with Gasteiger partial charge in [-0.15, -0.1) is 10.2 Å². The van der Waals surface area contributed by atoms with Gasteiger partial charge in [0.05, 0.1) is 10.6 Å². The standard InChI is InChI=1S/C14H19N5O3S2/c1-10-16-17-14(19(10)4)23-9-13(20)15-11-6-5-7-12(8-11)24(21,22)18(2)3/h5-8H,9H2,1-4H3,(H,15,20). The van der Waals surface area contributed by atoms with Crippen molar-refractivity contribution in [2.24, 2.45) is 7.05 Å². The highest BCUT2D eigenvalue weighted by molar-refractivity contribution is 7.99. The molecule has 0 bridgehead atoms. The average Bonchev–Trinajstić information content (AvgIpc) is 2.84. The predicted octanol–water partition coefficient (Wildman–Crippen LogP) is 1.10. The summed E-state index contributed by atoms with van der Waals surface area (Å²) < 4.78 is 27.1. The fraction of sp³-hybridized carbons (Fsp3) is 0.357. The molecule has 0 aliphatic carbocycles. The summed E-state index contributed by atoms with van der Waals surface area (Å²) in [4.78, 5) is 12.2. The number of nitrogens with zero attached hydrogens (tertiary/aromatic N) is 4. The van der Waals surface area contributed by atoms with Gasteiger partial charge >= 0.3 is 0 Å². The highest BCUT2D eigenvalue weighted by Gasteiger charge is 2.17. The summed E-state index contributed by atoms with van der Waals surface area (Å²) in [5.74, 6) is 0.663. The van der Waals surface area contributed by atoms with Crippen LogP contribution in [0.2, 0.25) is 0 Å². The Bertz CT molecular complexity index is 846. The van der Waals surface area contributed by atoms with E-state index in [1.165, 1.54) is 38.0 Å². The van der Waals surface area contributed by atoms with E-state index in [4.69, 9.17) is 0 Å². The highest BCUT2D eigenvalue weighted by Crippen LogP contribution is 2.19. The molecule has 0 aliphatic rings. The van der Waals surface area contributed by atoms with Crippen molar-refractivity contribution in [3.05, 3.63) is 30.1 Å². The van der Waals surface area contributed by atoms with Crippen LogP contribution in [-0.4, -0.2) is 53.2 Å². The largest absolute Gasteiger partial charge is 0.325 e. The Kier molecular flexibility index (Phi) is 5.62. The lowest BCUT2D eigenvalue weighted by Gasteiger charge is -2.12. The van der Waals surface area contributed by atoms with E-state index in [0.717, 1.165) is 10.1 Å². The first-order valence-corrected chi connectivity index (χ1v) is 9.45. The van der Waals surface area contributed by atoms with Crippen LogP contribution < -0.4 is 5.32 Å². The molecule has 0 radical (unpaired) electrons. The fourth-order valence-corrected chi connectivity index (χ4v) is 3.49. The van der Waals surface area contributed by atoms with Gasteiger partial charge in [0.25, 0.3) is 0 Å². The van der Waals surface area contributed by atoms with E-state index in [2.05, 4.69) is 15.5 Å². The van der Waals surface area contributed by atoms with Crippen LogP contribution in [0.15, 0.2) is 34.3 Å². The van der Waals surface area contributed by atoms with Crippen molar-refractivity contribution in [2.45, 2.75) is 17.0 Å². The Morgan fingerprint density at radius 2 is 2.04 bits per heavy atom. The van der Waals surface area contributed by atoms with Crippen molar-refractivity contribution >= 4 is 33.4 Å². The van der Waals surface area contributed by atoms with Crippen LogP contribution in [0, 0.1) is 6.92 Å². The van der Waals surface area contributed by atoms with Crippen LogP contribution in [0.3, 0.4) is 0 Å². The molecule has 1 heterocycles. The summed E-state index contributed by atoms with van der Waals surface area (Å²) in [7, 11) is 1.20. The molecule has 130 valence electrons. The molecule has 1 amide bonds. The van der Waals surface area contributed by atoms with Crippen molar-refractivity contribution in [3.63, 3.8) is 0 Å². The molecule has 2 aromatic rings. The number of benzene rings is 1. The lowest BCUT2D eigenvalue weighted by Crippen LogP contribution is -2.22. The Morgan fingerprint density at radius 3 is 2.62 bits per heavy atom. The summed E-state index contributed by atoms with van der Waals surface area (Å²) in [6.45, 7) is 1.83. The summed E-state index contributed by atoms with van der Waals surface area (Å²) in [5, 5.41) is 11.2. The maximum absolute atomic E-state index is 12.1. The van der Waals surface area contributed by atoms with Crippen molar-refractivity contribution in [1.82, 2.24) is 19.1 Å². The molecule has 0 aliphatic heterocycles. The number of nitrogens with one attached hydrogen (secondary N) is 1. The highest BCUT2D eigenvalue weighted by atomic mass is 32.2. The molecule has 10 heteroatoms. The molecule has 0 fully saturated rings. The molecule has 24 heavy (non-hydrogen) atoms. The zero-order valence-electron chi connectivity index (χ0n) is 13.8. The van der Waals surface area contributed by atoms with Crippen LogP contribution in [-0.2, 0) is 21.9 Å². The van der Waals surface area contributed by atoms with Gasteiger partial charge in [-0.25, -0.2) is 12.7 Å². The monoisotopic (exact) mass is 369 g/mol. The van der Waals surface area contributed by atoms with Gasteiger partial charge in [0.1, 0.15) is 5.82 Å². The van der Waals surface area contributed by atoms with Gasteiger partial charge < -0.3 is 9.88 Å². The molecular formula is C14H19N5O3S2. The molecule has 0 spiro atoms. The maximum Gasteiger partial charge on any atom is 0.242 e. The van der Waals surface area contributed by atoms with Crippen molar-refractivity contribution in [3.8, 4) is 0 Å². The van der Waals surface area contributed by atoms with E-state index in [9.17, 15) is 13.2 Å². The quantitative estimate of drug-likeness (QED) is 0.766. The third-order valence-corrected chi connectivity index (χ3v) is 6.11. The Balaban J connectivity index is 2.03. The Labute approximate surface area is 145 Å². The van der Waals surface area contributed by atoms with E-state index >= 15 is 0 Å². The second-order valence-electron chi connectivity index (χ2n) is 5.24. The lowest BCUT2D eigenvalue weighted by molar-refractivity contribution is -0.113. The number of amides is 1. The van der Waals surface area contributed by atoms with Gasteiger partial charge in [0, 0.05) is 26.8 Å². The first-order chi connectivity index (χ1) is 11.2. The number of carbonyl (C=O) groups is 1. The van der Waals surface area contributed by atoms with E-state index in [1.54, 1.807) is 16.7 Å². The Hall–Kier alpha value is -1.91. The number of carbonyl (C=O) groups excluding carboxylic acids is 1. The molecule has 0 saturated heterocycles. The minimum absolute atomic E-state index is 0.127. The van der Waals surface area contributed by atoms with Gasteiger partial charge in [-0.2, -0.15) is 0 Å². The zero-order valence-corrected chi connectivity index (χ0v) is 15.5.